The minimum Gasteiger partial charge on any atom is -0.359 e. The van der Waals surface area contributed by atoms with Crippen LogP contribution in [-0.4, -0.2) is 27.7 Å². The number of carbonyl (C=O) groups excluding carboxylic acids is 1. The predicted molar refractivity (Wildman–Crippen MR) is 73.9 cm³/mol. The van der Waals surface area contributed by atoms with E-state index in [1.54, 1.807) is 24.1 Å². The Balaban J connectivity index is 2.19. The maximum Gasteiger partial charge on any atom is 0.221 e. The van der Waals surface area contributed by atoms with Crippen LogP contribution < -0.4 is 5.32 Å². The molecule has 0 bridgehead atoms. The van der Waals surface area contributed by atoms with Gasteiger partial charge in [0.25, 0.3) is 0 Å². The molecule has 0 aliphatic heterocycles. The largest absolute Gasteiger partial charge is 0.359 e. The second kappa shape index (κ2) is 5.84. The minimum absolute atomic E-state index is 0.000810. The molecule has 6 heteroatoms. The topological polar surface area (TPSA) is 59.8 Å². The van der Waals surface area contributed by atoms with E-state index in [4.69, 9.17) is 11.6 Å². The van der Waals surface area contributed by atoms with Gasteiger partial charge in [-0.05, 0) is 13.0 Å². The lowest BCUT2D eigenvalue weighted by molar-refractivity contribution is -0.120. The number of amides is 1. The highest BCUT2D eigenvalue weighted by atomic mass is 35.5. The summed E-state index contributed by atoms with van der Waals surface area (Å²) in [4.78, 5) is 15.3. The maximum atomic E-state index is 11.2. The number of nitrogens with zero attached hydrogens (tertiary/aromatic N) is 3. The third-order valence-corrected chi connectivity index (χ3v) is 3.02. The lowest BCUT2D eigenvalue weighted by Crippen LogP contribution is -2.19. The van der Waals surface area contributed by atoms with Crippen molar-refractivity contribution in [3.63, 3.8) is 0 Å². The van der Waals surface area contributed by atoms with Gasteiger partial charge in [0.2, 0.25) is 5.91 Å². The average molecular weight is 279 g/mol. The van der Waals surface area contributed by atoms with Gasteiger partial charge in [-0.3, -0.25) is 14.5 Å². The van der Waals surface area contributed by atoms with E-state index in [-0.39, 0.29) is 5.91 Å². The summed E-state index contributed by atoms with van der Waals surface area (Å²) in [5, 5.41) is 7.57. The molecule has 5 nitrogen and oxygen atoms in total. The minimum atomic E-state index is -0.000810. The van der Waals surface area contributed by atoms with Crippen molar-refractivity contribution < 1.29 is 4.79 Å². The highest BCUT2D eigenvalue weighted by Crippen LogP contribution is 2.24. The van der Waals surface area contributed by atoms with Gasteiger partial charge >= 0.3 is 0 Å². The number of rotatable bonds is 4. The maximum absolute atomic E-state index is 11.2. The fourth-order valence-electron chi connectivity index (χ4n) is 1.82. The fourth-order valence-corrected chi connectivity index (χ4v) is 1.99. The van der Waals surface area contributed by atoms with Crippen molar-refractivity contribution in [3.05, 3.63) is 35.4 Å². The van der Waals surface area contributed by atoms with Gasteiger partial charge in [0, 0.05) is 49.7 Å². The van der Waals surface area contributed by atoms with Crippen molar-refractivity contribution >= 4 is 17.5 Å². The summed E-state index contributed by atoms with van der Waals surface area (Å²) in [6.07, 6.45) is 5.66. The first-order chi connectivity index (χ1) is 9.10. The number of pyridine rings is 1. The number of carbonyl (C=O) groups is 1. The summed E-state index contributed by atoms with van der Waals surface area (Å²) in [6.45, 7) is 2.47. The molecule has 2 aromatic heterocycles. The van der Waals surface area contributed by atoms with Crippen molar-refractivity contribution in [3.8, 4) is 11.1 Å². The molecule has 0 aromatic carbocycles. The van der Waals surface area contributed by atoms with Gasteiger partial charge in [0.15, 0.2) is 0 Å². The summed E-state index contributed by atoms with van der Waals surface area (Å²) in [6, 6.07) is 1.85. The first-order valence-electron chi connectivity index (χ1n) is 5.95. The molecule has 19 heavy (non-hydrogen) atoms. The standard InChI is InChI=1S/C13H15ClN4O/c1-9-12(10-5-11(14)7-16-6-10)8-18(17-9)4-3-13(19)15-2/h5-8H,3-4H2,1-2H3,(H,15,19). The van der Waals surface area contributed by atoms with Crippen molar-refractivity contribution in [1.82, 2.24) is 20.1 Å². The zero-order chi connectivity index (χ0) is 13.8. The molecule has 1 N–H and O–H groups in total. The SMILES string of the molecule is CNC(=O)CCn1cc(-c2cncc(Cl)c2)c(C)n1. The van der Waals surface area contributed by atoms with E-state index in [2.05, 4.69) is 15.4 Å². The third kappa shape index (κ3) is 3.32. The van der Waals surface area contributed by atoms with E-state index in [1.165, 1.54) is 0 Å². The molecule has 2 rings (SSSR count). The van der Waals surface area contributed by atoms with Gasteiger partial charge in [-0.25, -0.2) is 0 Å². The molecule has 0 radical (unpaired) electrons. The van der Waals surface area contributed by atoms with Gasteiger partial charge in [-0.1, -0.05) is 11.6 Å². The number of hydrogen-bond acceptors (Lipinski definition) is 3. The molecule has 0 fully saturated rings. The zero-order valence-corrected chi connectivity index (χ0v) is 11.6. The molecule has 2 aromatic rings. The summed E-state index contributed by atoms with van der Waals surface area (Å²) < 4.78 is 1.76. The summed E-state index contributed by atoms with van der Waals surface area (Å²) >= 11 is 5.93. The van der Waals surface area contributed by atoms with Crippen LogP contribution in [0, 0.1) is 6.92 Å². The quantitative estimate of drug-likeness (QED) is 0.931. The molecule has 0 saturated heterocycles. The molecular weight excluding hydrogens is 264 g/mol. The zero-order valence-electron chi connectivity index (χ0n) is 10.9. The van der Waals surface area contributed by atoms with Crippen LogP contribution in [0.25, 0.3) is 11.1 Å². The van der Waals surface area contributed by atoms with Crippen LogP contribution in [-0.2, 0) is 11.3 Å². The van der Waals surface area contributed by atoms with Crippen LogP contribution in [0.1, 0.15) is 12.1 Å². The molecule has 0 aliphatic carbocycles. The Labute approximate surface area is 116 Å². The van der Waals surface area contributed by atoms with Crippen LogP contribution in [0.2, 0.25) is 5.02 Å². The summed E-state index contributed by atoms with van der Waals surface area (Å²) in [5.74, 6) is -0.000810. The van der Waals surface area contributed by atoms with Crippen molar-refractivity contribution in [2.24, 2.45) is 0 Å². The van der Waals surface area contributed by atoms with Crippen molar-refractivity contribution in [2.45, 2.75) is 19.9 Å². The second-order valence-corrected chi connectivity index (χ2v) is 4.64. The van der Waals surface area contributed by atoms with Crippen LogP contribution in [0.3, 0.4) is 0 Å². The number of aryl methyl sites for hydroxylation is 2. The van der Waals surface area contributed by atoms with Crippen LogP contribution in [0.4, 0.5) is 0 Å². The van der Waals surface area contributed by atoms with Crippen molar-refractivity contribution in [2.75, 3.05) is 7.05 Å². The summed E-state index contributed by atoms with van der Waals surface area (Å²) in [7, 11) is 1.62. The Bertz CT molecular complexity index is 594. The van der Waals surface area contributed by atoms with E-state index in [1.807, 2.05) is 19.2 Å². The monoisotopic (exact) mass is 278 g/mol. The van der Waals surface area contributed by atoms with Gasteiger partial charge in [0.05, 0.1) is 10.7 Å². The Morgan fingerprint density at radius 1 is 1.47 bits per heavy atom. The normalized spacial score (nSPS) is 10.5. The van der Waals surface area contributed by atoms with Crippen molar-refractivity contribution in [1.29, 1.82) is 0 Å². The smallest absolute Gasteiger partial charge is 0.221 e. The van der Waals surface area contributed by atoms with E-state index in [0.29, 0.717) is 18.0 Å². The van der Waals surface area contributed by atoms with Crippen LogP contribution >= 0.6 is 11.6 Å². The first kappa shape index (κ1) is 13.5. The average Bonchev–Trinajstić information content (AvgIpc) is 2.77. The molecule has 0 saturated carbocycles. The molecule has 1 amide bonds. The Hall–Kier alpha value is -1.88. The Morgan fingerprint density at radius 2 is 2.26 bits per heavy atom. The highest BCUT2D eigenvalue weighted by Gasteiger charge is 2.09. The number of nitrogens with one attached hydrogen (secondary N) is 1. The predicted octanol–water partition coefficient (Wildman–Crippen LogP) is 2.04. The molecule has 0 unspecified atom stereocenters. The molecule has 2 heterocycles. The number of hydrogen-bond donors (Lipinski definition) is 1. The second-order valence-electron chi connectivity index (χ2n) is 4.21. The van der Waals surface area contributed by atoms with Crippen LogP contribution in [0.5, 0.6) is 0 Å². The Morgan fingerprint density at radius 3 is 2.95 bits per heavy atom. The number of aromatic nitrogens is 3. The first-order valence-corrected chi connectivity index (χ1v) is 6.33. The molecule has 0 atom stereocenters. The lowest BCUT2D eigenvalue weighted by atomic mass is 10.1. The van der Waals surface area contributed by atoms with Gasteiger partial charge in [-0.2, -0.15) is 5.10 Å². The van der Waals surface area contributed by atoms with E-state index >= 15 is 0 Å². The molecule has 0 spiro atoms. The highest BCUT2D eigenvalue weighted by molar-refractivity contribution is 6.30. The lowest BCUT2D eigenvalue weighted by Gasteiger charge is -2.00. The van der Waals surface area contributed by atoms with E-state index < -0.39 is 0 Å². The Kier molecular flexibility index (Phi) is 4.16. The van der Waals surface area contributed by atoms with E-state index in [9.17, 15) is 4.79 Å². The van der Waals surface area contributed by atoms with Gasteiger partial charge < -0.3 is 5.32 Å². The fraction of sp³-hybridized carbons (Fsp3) is 0.308. The van der Waals surface area contributed by atoms with Gasteiger partial charge in [-0.15, -0.1) is 0 Å². The third-order valence-electron chi connectivity index (χ3n) is 2.81. The van der Waals surface area contributed by atoms with E-state index in [0.717, 1.165) is 16.8 Å². The number of halogens is 1. The molecular formula is C13H15ClN4O. The molecule has 0 aliphatic rings. The van der Waals surface area contributed by atoms with Gasteiger partial charge in [0.1, 0.15) is 0 Å². The molecule has 100 valence electrons. The van der Waals surface area contributed by atoms with Crippen LogP contribution in [0.15, 0.2) is 24.7 Å². The summed E-state index contributed by atoms with van der Waals surface area (Å²) in [5.41, 5.74) is 2.80.